The molecule has 27 heavy (non-hydrogen) atoms. The van der Waals surface area contributed by atoms with Gasteiger partial charge >= 0.3 is 5.97 Å². The van der Waals surface area contributed by atoms with Crippen LogP contribution in [0.25, 0.3) is 0 Å². The van der Waals surface area contributed by atoms with Gasteiger partial charge in [0.2, 0.25) is 0 Å². The Kier molecular flexibility index (Phi) is 6.21. The average Bonchev–Trinajstić information content (AvgIpc) is 2.91. The van der Waals surface area contributed by atoms with Gasteiger partial charge in [-0.3, -0.25) is 9.59 Å². The van der Waals surface area contributed by atoms with E-state index in [-0.39, 0.29) is 24.5 Å². The maximum Gasteiger partial charge on any atom is 0.308 e. The lowest BCUT2D eigenvalue weighted by atomic mass is 10.0. The summed E-state index contributed by atoms with van der Waals surface area (Å²) in [5.41, 5.74) is 1.73. The van der Waals surface area contributed by atoms with Gasteiger partial charge in [-0.25, -0.2) is 4.39 Å². The molecule has 1 unspecified atom stereocenters. The van der Waals surface area contributed by atoms with Crippen molar-refractivity contribution in [1.29, 1.82) is 0 Å². The van der Waals surface area contributed by atoms with Crippen LogP contribution in [0.4, 0.5) is 4.39 Å². The molecule has 0 radical (unpaired) electrons. The van der Waals surface area contributed by atoms with Crippen molar-refractivity contribution in [1.82, 2.24) is 10.5 Å². The van der Waals surface area contributed by atoms with Crippen molar-refractivity contribution in [3.05, 3.63) is 52.7 Å². The lowest BCUT2D eigenvalue weighted by molar-refractivity contribution is -0.143. The summed E-state index contributed by atoms with van der Waals surface area (Å²) in [5.74, 6) is -0.463. The van der Waals surface area contributed by atoms with Gasteiger partial charge in [-0.1, -0.05) is 23.7 Å². The highest BCUT2D eigenvalue weighted by Crippen LogP contribution is 2.25. The second kappa shape index (κ2) is 8.79. The summed E-state index contributed by atoms with van der Waals surface area (Å²) in [4.78, 5) is 24.8. The van der Waals surface area contributed by atoms with Crippen LogP contribution in [0.5, 0.6) is 0 Å². The molecule has 1 atom stereocenters. The van der Waals surface area contributed by atoms with E-state index in [1.54, 1.807) is 19.1 Å². The zero-order valence-corrected chi connectivity index (χ0v) is 15.3. The summed E-state index contributed by atoms with van der Waals surface area (Å²) in [5, 5.41) is 6.78. The summed E-state index contributed by atoms with van der Waals surface area (Å²) >= 11 is 0. The Morgan fingerprint density at radius 1 is 1.22 bits per heavy atom. The standard InChI is InChI=1S/C20H23FN2O4/c1-2-26-18(24)12-16(13-8-10-14(21)11-9-13)22-20(25)19-15-6-4-3-5-7-17(15)27-23-19/h8-11,16H,2-7,12H2,1H3,(H,22,25). The minimum Gasteiger partial charge on any atom is -0.466 e. The van der Waals surface area contributed by atoms with Crippen LogP contribution in [0.3, 0.4) is 0 Å². The molecular weight excluding hydrogens is 351 g/mol. The zero-order valence-electron chi connectivity index (χ0n) is 15.3. The molecule has 1 aromatic heterocycles. The van der Waals surface area contributed by atoms with Gasteiger partial charge in [0.15, 0.2) is 5.69 Å². The van der Waals surface area contributed by atoms with Crippen molar-refractivity contribution < 1.29 is 23.2 Å². The number of hydrogen-bond donors (Lipinski definition) is 1. The van der Waals surface area contributed by atoms with Crippen LogP contribution < -0.4 is 5.32 Å². The zero-order chi connectivity index (χ0) is 19.2. The van der Waals surface area contributed by atoms with Crippen molar-refractivity contribution >= 4 is 11.9 Å². The fourth-order valence-electron chi connectivity index (χ4n) is 3.30. The highest BCUT2D eigenvalue weighted by molar-refractivity contribution is 5.94. The highest BCUT2D eigenvalue weighted by atomic mass is 19.1. The molecule has 1 aliphatic rings. The lowest BCUT2D eigenvalue weighted by Crippen LogP contribution is -2.31. The Morgan fingerprint density at radius 3 is 2.70 bits per heavy atom. The number of fused-ring (bicyclic) bond motifs is 1. The number of ether oxygens (including phenoxy) is 1. The van der Waals surface area contributed by atoms with E-state index in [0.29, 0.717) is 5.56 Å². The third-order valence-electron chi connectivity index (χ3n) is 4.67. The summed E-state index contributed by atoms with van der Waals surface area (Å²) in [7, 11) is 0. The lowest BCUT2D eigenvalue weighted by Gasteiger charge is -2.18. The number of carbonyl (C=O) groups is 2. The van der Waals surface area contributed by atoms with Gasteiger partial charge in [-0.15, -0.1) is 0 Å². The summed E-state index contributed by atoms with van der Waals surface area (Å²) < 4.78 is 23.6. The molecule has 0 fully saturated rings. The van der Waals surface area contributed by atoms with E-state index in [2.05, 4.69) is 10.5 Å². The smallest absolute Gasteiger partial charge is 0.308 e. The molecule has 0 saturated heterocycles. The van der Waals surface area contributed by atoms with Crippen molar-refractivity contribution in [2.45, 2.75) is 51.5 Å². The highest BCUT2D eigenvalue weighted by Gasteiger charge is 2.26. The Morgan fingerprint density at radius 2 is 1.96 bits per heavy atom. The van der Waals surface area contributed by atoms with E-state index in [1.165, 1.54) is 12.1 Å². The molecule has 3 rings (SSSR count). The molecule has 144 valence electrons. The predicted molar refractivity (Wildman–Crippen MR) is 95.6 cm³/mol. The van der Waals surface area contributed by atoms with Gasteiger partial charge in [0.05, 0.1) is 19.1 Å². The Hall–Kier alpha value is -2.70. The van der Waals surface area contributed by atoms with E-state index < -0.39 is 17.9 Å². The number of carbonyl (C=O) groups excluding carboxylic acids is 2. The van der Waals surface area contributed by atoms with Crippen LogP contribution >= 0.6 is 0 Å². The monoisotopic (exact) mass is 374 g/mol. The van der Waals surface area contributed by atoms with Crippen molar-refractivity contribution in [3.63, 3.8) is 0 Å². The molecule has 1 N–H and O–H groups in total. The first kappa shape index (κ1) is 19.1. The van der Waals surface area contributed by atoms with Crippen LogP contribution in [0.15, 0.2) is 28.8 Å². The molecule has 6 nitrogen and oxygen atoms in total. The molecule has 1 heterocycles. The number of aromatic nitrogens is 1. The molecule has 2 aromatic rings. The molecule has 1 amide bonds. The largest absolute Gasteiger partial charge is 0.466 e. The van der Waals surface area contributed by atoms with Gasteiger partial charge in [0.1, 0.15) is 11.6 Å². The fraction of sp³-hybridized carbons (Fsp3) is 0.450. The van der Waals surface area contributed by atoms with Crippen LogP contribution in [0.1, 0.15) is 66.0 Å². The number of nitrogens with one attached hydrogen (secondary N) is 1. The van der Waals surface area contributed by atoms with Crippen LogP contribution in [0, 0.1) is 5.82 Å². The van der Waals surface area contributed by atoms with Crippen molar-refractivity contribution in [2.75, 3.05) is 6.61 Å². The van der Waals surface area contributed by atoms with E-state index in [0.717, 1.165) is 43.4 Å². The molecule has 0 aliphatic heterocycles. The van der Waals surface area contributed by atoms with Gasteiger partial charge in [-0.2, -0.15) is 0 Å². The normalized spacial score (nSPS) is 14.7. The Bertz CT molecular complexity index is 801. The molecule has 0 bridgehead atoms. The maximum absolute atomic E-state index is 13.2. The molecule has 1 aromatic carbocycles. The van der Waals surface area contributed by atoms with E-state index in [1.807, 2.05) is 0 Å². The van der Waals surface area contributed by atoms with E-state index in [4.69, 9.17) is 9.26 Å². The number of halogens is 1. The van der Waals surface area contributed by atoms with Gasteiger partial charge in [-0.05, 0) is 43.9 Å². The molecule has 7 heteroatoms. The number of aryl methyl sites for hydroxylation is 1. The van der Waals surface area contributed by atoms with E-state index >= 15 is 0 Å². The molecule has 0 spiro atoms. The van der Waals surface area contributed by atoms with Crippen molar-refractivity contribution in [2.24, 2.45) is 0 Å². The number of esters is 1. The maximum atomic E-state index is 13.2. The van der Waals surface area contributed by atoms with Crippen LogP contribution in [-0.4, -0.2) is 23.6 Å². The summed E-state index contributed by atoms with van der Waals surface area (Å²) in [6.07, 6.45) is 4.57. The number of benzene rings is 1. The molecule has 1 aliphatic carbocycles. The molecule has 0 saturated carbocycles. The summed E-state index contributed by atoms with van der Waals surface area (Å²) in [6, 6.07) is 5.03. The van der Waals surface area contributed by atoms with Gasteiger partial charge in [0, 0.05) is 12.0 Å². The third kappa shape index (κ3) is 4.72. The number of hydrogen-bond acceptors (Lipinski definition) is 5. The van der Waals surface area contributed by atoms with Gasteiger partial charge < -0.3 is 14.6 Å². The van der Waals surface area contributed by atoms with Crippen LogP contribution in [0.2, 0.25) is 0 Å². The minimum atomic E-state index is -0.643. The topological polar surface area (TPSA) is 81.4 Å². The SMILES string of the molecule is CCOC(=O)CC(NC(=O)c1noc2c1CCCCC2)c1ccc(F)cc1. The van der Waals surface area contributed by atoms with E-state index in [9.17, 15) is 14.0 Å². The number of nitrogens with zero attached hydrogens (tertiary/aromatic N) is 1. The first-order valence-corrected chi connectivity index (χ1v) is 9.28. The predicted octanol–water partition coefficient (Wildman–Crippen LogP) is 3.51. The molecular formula is C20H23FN2O4. The minimum absolute atomic E-state index is 0.0503. The van der Waals surface area contributed by atoms with Gasteiger partial charge in [0.25, 0.3) is 5.91 Å². The number of rotatable bonds is 6. The second-order valence-corrected chi connectivity index (χ2v) is 6.58. The fourth-order valence-corrected chi connectivity index (χ4v) is 3.30. The first-order chi connectivity index (χ1) is 13.1. The Labute approximate surface area is 157 Å². The summed E-state index contributed by atoms with van der Waals surface area (Å²) in [6.45, 7) is 1.97. The quantitative estimate of drug-likeness (QED) is 0.618. The third-order valence-corrected chi connectivity index (χ3v) is 4.67. The Balaban J connectivity index is 1.80. The van der Waals surface area contributed by atoms with Crippen LogP contribution in [-0.2, 0) is 22.4 Å². The number of amides is 1. The average molecular weight is 374 g/mol. The second-order valence-electron chi connectivity index (χ2n) is 6.58. The van der Waals surface area contributed by atoms with Crippen molar-refractivity contribution in [3.8, 4) is 0 Å². The first-order valence-electron chi connectivity index (χ1n) is 9.28.